The lowest BCUT2D eigenvalue weighted by Gasteiger charge is -2.18. The van der Waals surface area contributed by atoms with Gasteiger partial charge in [-0.1, -0.05) is 28.6 Å². The van der Waals surface area contributed by atoms with Gasteiger partial charge in [0.15, 0.2) is 5.76 Å². The Morgan fingerprint density at radius 3 is 2.81 bits per heavy atom. The second-order valence-corrected chi connectivity index (χ2v) is 5.04. The molecular weight excluding hydrogens is 298 g/mol. The molecule has 0 amide bonds. The fraction of sp³-hybridized carbons (Fsp3) is 0.273. The van der Waals surface area contributed by atoms with Crippen molar-refractivity contribution in [3.63, 3.8) is 0 Å². The summed E-state index contributed by atoms with van der Waals surface area (Å²) in [5.74, 6) is -0.514. The van der Waals surface area contributed by atoms with Gasteiger partial charge >= 0.3 is 5.25 Å². The number of halogens is 3. The maximum absolute atomic E-state index is 13.5. The highest BCUT2D eigenvalue weighted by Gasteiger charge is 2.36. The zero-order valence-electron chi connectivity index (χ0n) is 8.67. The van der Waals surface area contributed by atoms with E-state index in [1.807, 2.05) is 0 Å². The van der Waals surface area contributed by atoms with Crippen LogP contribution in [0.3, 0.4) is 0 Å². The highest BCUT2D eigenvalue weighted by Crippen LogP contribution is 2.41. The molecule has 0 atom stereocenters. The Morgan fingerprint density at radius 2 is 2.25 bits per heavy atom. The Bertz CT molecular complexity index is 382. The van der Waals surface area contributed by atoms with E-state index in [2.05, 4.69) is 22.5 Å². The average Bonchev–Trinajstić information content (AvgIpc) is 2.17. The van der Waals surface area contributed by atoms with Crippen LogP contribution < -0.4 is 0 Å². The summed E-state index contributed by atoms with van der Waals surface area (Å²) >= 11 is 3.65. The van der Waals surface area contributed by atoms with Gasteiger partial charge in [-0.05, 0) is 36.9 Å². The molecule has 0 unspecified atom stereocenters. The van der Waals surface area contributed by atoms with Crippen LogP contribution in [0.2, 0.25) is 0 Å². The predicted molar refractivity (Wildman–Crippen MR) is 65.7 cm³/mol. The number of benzene rings is 1. The van der Waals surface area contributed by atoms with Crippen LogP contribution in [0.1, 0.15) is 6.92 Å². The Morgan fingerprint density at radius 1 is 1.56 bits per heavy atom. The summed E-state index contributed by atoms with van der Waals surface area (Å²) in [6.07, 6.45) is 0. The normalized spacial score (nSPS) is 11.2. The molecule has 0 aliphatic carbocycles. The lowest BCUT2D eigenvalue weighted by atomic mass is 10.4. The van der Waals surface area contributed by atoms with Crippen molar-refractivity contribution in [2.75, 3.05) is 6.61 Å². The molecule has 5 heteroatoms. The molecule has 0 saturated heterocycles. The number of hydrogen-bond acceptors (Lipinski definition) is 2. The van der Waals surface area contributed by atoms with Crippen molar-refractivity contribution in [1.29, 1.82) is 0 Å². The summed E-state index contributed by atoms with van der Waals surface area (Å²) in [4.78, 5) is 0.459. The van der Waals surface area contributed by atoms with E-state index in [9.17, 15) is 8.78 Å². The first-order chi connectivity index (χ1) is 7.45. The Kier molecular flexibility index (Phi) is 4.80. The molecule has 0 N–H and O–H groups in total. The third-order valence-corrected chi connectivity index (χ3v) is 3.15. The van der Waals surface area contributed by atoms with Gasteiger partial charge in [0.25, 0.3) is 0 Å². The zero-order valence-corrected chi connectivity index (χ0v) is 11.1. The Labute approximate surface area is 106 Å². The number of rotatable bonds is 5. The SMILES string of the molecule is C=C(OCC)C(F)(F)Sc1cccc(Br)c1. The average molecular weight is 309 g/mol. The monoisotopic (exact) mass is 308 g/mol. The van der Waals surface area contributed by atoms with E-state index >= 15 is 0 Å². The van der Waals surface area contributed by atoms with Crippen LogP contribution in [0.4, 0.5) is 8.78 Å². The van der Waals surface area contributed by atoms with Crippen molar-refractivity contribution in [3.05, 3.63) is 41.1 Å². The van der Waals surface area contributed by atoms with Crippen molar-refractivity contribution in [2.24, 2.45) is 0 Å². The third-order valence-electron chi connectivity index (χ3n) is 1.69. The summed E-state index contributed by atoms with van der Waals surface area (Å²) < 4.78 is 32.6. The molecule has 0 spiro atoms. The molecule has 1 aromatic carbocycles. The number of ether oxygens (including phenoxy) is 1. The molecule has 0 aromatic heterocycles. The first kappa shape index (κ1) is 13.5. The van der Waals surface area contributed by atoms with Crippen LogP contribution in [0.5, 0.6) is 0 Å². The molecule has 0 aliphatic rings. The van der Waals surface area contributed by atoms with Crippen molar-refractivity contribution in [3.8, 4) is 0 Å². The van der Waals surface area contributed by atoms with E-state index in [0.717, 1.165) is 4.47 Å². The van der Waals surface area contributed by atoms with Crippen LogP contribution in [-0.4, -0.2) is 11.9 Å². The molecule has 0 saturated carbocycles. The van der Waals surface area contributed by atoms with Gasteiger partial charge in [-0.2, -0.15) is 8.78 Å². The van der Waals surface area contributed by atoms with E-state index in [1.54, 1.807) is 31.2 Å². The molecule has 16 heavy (non-hydrogen) atoms. The van der Waals surface area contributed by atoms with Gasteiger partial charge in [-0.3, -0.25) is 0 Å². The van der Waals surface area contributed by atoms with Gasteiger partial charge < -0.3 is 4.74 Å². The fourth-order valence-corrected chi connectivity index (χ4v) is 2.35. The van der Waals surface area contributed by atoms with Gasteiger partial charge in [0.2, 0.25) is 0 Å². The van der Waals surface area contributed by atoms with Gasteiger partial charge in [0, 0.05) is 9.37 Å². The molecule has 0 fully saturated rings. The fourth-order valence-electron chi connectivity index (χ4n) is 0.994. The van der Waals surface area contributed by atoms with Crippen molar-refractivity contribution in [2.45, 2.75) is 17.1 Å². The molecule has 0 aliphatic heterocycles. The topological polar surface area (TPSA) is 9.23 Å². The van der Waals surface area contributed by atoms with Crippen LogP contribution in [0.25, 0.3) is 0 Å². The molecule has 0 heterocycles. The lowest BCUT2D eigenvalue weighted by molar-refractivity contribution is 0.0604. The number of thioether (sulfide) groups is 1. The minimum Gasteiger partial charge on any atom is -0.491 e. The highest BCUT2D eigenvalue weighted by molar-refractivity contribution is 9.10. The standard InChI is InChI=1S/C11H11BrF2OS/c1-3-15-8(2)11(13,14)16-10-6-4-5-9(12)7-10/h4-7H,2-3H2,1H3. The van der Waals surface area contributed by atoms with E-state index in [4.69, 9.17) is 4.74 Å². The van der Waals surface area contributed by atoms with Crippen molar-refractivity contribution in [1.82, 2.24) is 0 Å². The first-order valence-electron chi connectivity index (χ1n) is 4.60. The maximum atomic E-state index is 13.5. The highest BCUT2D eigenvalue weighted by atomic mass is 79.9. The largest absolute Gasteiger partial charge is 0.491 e. The molecule has 1 nitrogen and oxygen atoms in total. The predicted octanol–water partition coefficient (Wildman–Crippen LogP) is 4.68. The molecular formula is C11H11BrF2OS. The summed E-state index contributed by atoms with van der Waals surface area (Å²) in [5, 5.41) is -3.11. The van der Waals surface area contributed by atoms with E-state index < -0.39 is 11.0 Å². The van der Waals surface area contributed by atoms with Crippen LogP contribution in [0.15, 0.2) is 46.0 Å². The second kappa shape index (κ2) is 5.68. The molecule has 0 radical (unpaired) electrons. The van der Waals surface area contributed by atoms with Crippen LogP contribution in [0, 0.1) is 0 Å². The van der Waals surface area contributed by atoms with E-state index in [-0.39, 0.29) is 6.61 Å². The molecule has 1 rings (SSSR count). The molecule has 1 aromatic rings. The van der Waals surface area contributed by atoms with E-state index in [0.29, 0.717) is 16.7 Å². The van der Waals surface area contributed by atoms with E-state index in [1.165, 1.54) is 0 Å². The minimum absolute atomic E-state index is 0.188. The molecule has 0 bridgehead atoms. The zero-order chi connectivity index (χ0) is 12.2. The lowest BCUT2D eigenvalue weighted by Crippen LogP contribution is -2.15. The number of alkyl halides is 2. The van der Waals surface area contributed by atoms with Gasteiger partial charge in [-0.15, -0.1) is 0 Å². The maximum Gasteiger partial charge on any atom is 0.353 e. The van der Waals surface area contributed by atoms with Gasteiger partial charge in [-0.25, -0.2) is 0 Å². The molecule has 88 valence electrons. The Balaban J connectivity index is 2.75. The number of hydrogen-bond donors (Lipinski definition) is 0. The summed E-state index contributed by atoms with van der Waals surface area (Å²) in [7, 11) is 0. The summed E-state index contributed by atoms with van der Waals surface area (Å²) in [5.41, 5.74) is 0. The summed E-state index contributed by atoms with van der Waals surface area (Å²) in [6.45, 7) is 5.06. The van der Waals surface area contributed by atoms with Crippen molar-refractivity contribution >= 4 is 27.7 Å². The van der Waals surface area contributed by atoms with Crippen LogP contribution in [-0.2, 0) is 4.74 Å². The minimum atomic E-state index is -3.11. The summed E-state index contributed by atoms with van der Waals surface area (Å²) in [6, 6.07) is 6.71. The van der Waals surface area contributed by atoms with Crippen molar-refractivity contribution < 1.29 is 13.5 Å². The Hall–Kier alpha value is -0.550. The quantitative estimate of drug-likeness (QED) is 0.577. The van der Waals surface area contributed by atoms with Gasteiger partial charge in [0.05, 0.1) is 6.61 Å². The van der Waals surface area contributed by atoms with Crippen LogP contribution >= 0.6 is 27.7 Å². The van der Waals surface area contributed by atoms with Gasteiger partial charge in [0.1, 0.15) is 0 Å². The second-order valence-electron chi connectivity index (χ2n) is 2.93. The third kappa shape index (κ3) is 3.79. The first-order valence-corrected chi connectivity index (χ1v) is 6.21. The smallest absolute Gasteiger partial charge is 0.353 e.